The molecule has 9 nitrogen and oxygen atoms in total. The van der Waals surface area contributed by atoms with Crippen molar-refractivity contribution in [3.63, 3.8) is 0 Å². The number of sulfonamides is 2. The van der Waals surface area contributed by atoms with Crippen molar-refractivity contribution in [2.24, 2.45) is 0 Å². The van der Waals surface area contributed by atoms with Crippen LogP contribution in [0.5, 0.6) is 0 Å². The molecule has 1 aliphatic rings. The molecular weight excluding hydrogens is 406 g/mol. The molecule has 0 spiro atoms. The quantitative estimate of drug-likeness (QED) is 0.535. The molecule has 0 bridgehead atoms. The van der Waals surface area contributed by atoms with Crippen molar-refractivity contribution in [3.05, 3.63) is 29.8 Å². The molecule has 1 aromatic carbocycles. The monoisotopic (exact) mass is 433 g/mol. The van der Waals surface area contributed by atoms with Gasteiger partial charge < -0.3 is 9.64 Å². The van der Waals surface area contributed by atoms with E-state index in [1.165, 1.54) is 31.4 Å². The SMILES string of the molecule is COCCNS(=O)(=O)c1ccc(C(=O)N2CCCCC2CNS(C)(=O)=O)cc1. The predicted molar refractivity (Wildman–Crippen MR) is 105 cm³/mol. The number of likely N-dealkylation sites (tertiary alicyclic amines) is 1. The normalized spacial score (nSPS) is 18.2. The molecule has 158 valence electrons. The fourth-order valence-corrected chi connectivity index (χ4v) is 4.54. The summed E-state index contributed by atoms with van der Waals surface area (Å²) < 4.78 is 56.8. The number of rotatable bonds is 9. The number of methoxy groups -OCH3 is 1. The minimum absolute atomic E-state index is 0.0640. The van der Waals surface area contributed by atoms with E-state index in [9.17, 15) is 21.6 Å². The van der Waals surface area contributed by atoms with Gasteiger partial charge in [0.1, 0.15) is 0 Å². The molecule has 1 amide bonds. The second-order valence-electron chi connectivity index (χ2n) is 6.68. The highest BCUT2D eigenvalue weighted by atomic mass is 32.2. The lowest BCUT2D eigenvalue weighted by Gasteiger charge is -2.35. The van der Waals surface area contributed by atoms with E-state index in [1.54, 1.807) is 4.90 Å². The van der Waals surface area contributed by atoms with Crippen molar-refractivity contribution < 1.29 is 26.4 Å². The summed E-state index contributed by atoms with van der Waals surface area (Å²) in [6.45, 7) is 1.12. The Bertz CT molecular complexity index is 869. The molecular formula is C17H27N3O6S2. The van der Waals surface area contributed by atoms with Gasteiger partial charge in [0.25, 0.3) is 5.91 Å². The molecule has 0 aliphatic carbocycles. The van der Waals surface area contributed by atoms with E-state index in [4.69, 9.17) is 4.74 Å². The Hall–Kier alpha value is -1.53. The molecule has 1 aromatic rings. The Morgan fingerprint density at radius 2 is 1.82 bits per heavy atom. The third-order valence-electron chi connectivity index (χ3n) is 4.48. The molecule has 1 atom stereocenters. The minimum atomic E-state index is -3.67. The number of hydrogen-bond donors (Lipinski definition) is 2. The predicted octanol–water partition coefficient (Wildman–Crippen LogP) is 0.155. The first-order chi connectivity index (χ1) is 13.1. The summed E-state index contributed by atoms with van der Waals surface area (Å²) in [6, 6.07) is 5.49. The molecule has 1 saturated heterocycles. The summed E-state index contributed by atoms with van der Waals surface area (Å²) >= 11 is 0. The lowest BCUT2D eigenvalue weighted by atomic mass is 10.0. The molecule has 28 heavy (non-hydrogen) atoms. The highest BCUT2D eigenvalue weighted by Gasteiger charge is 2.28. The highest BCUT2D eigenvalue weighted by molar-refractivity contribution is 7.89. The van der Waals surface area contributed by atoms with Gasteiger partial charge in [-0.2, -0.15) is 0 Å². The number of carbonyl (C=O) groups is 1. The lowest BCUT2D eigenvalue weighted by Crippen LogP contribution is -2.49. The number of ether oxygens (including phenoxy) is 1. The number of hydrogen-bond acceptors (Lipinski definition) is 6. The van der Waals surface area contributed by atoms with Gasteiger partial charge in [0.2, 0.25) is 20.0 Å². The van der Waals surface area contributed by atoms with Crippen LogP contribution in [-0.2, 0) is 24.8 Å². The fraction of sp³-hybridized carbons (Fsp3) is 0.588. The second kappa shape index (κ2) is 9.79. The molecule has 1 unspecified atom stereocenters. The van der Waals surface area contributed by atoms with Gasteiger partial charge in [-0.3, -0.25) is 4.79 Å². The molecule has 2 N–H and O–H groups in total. The van der Waals surface area contributed by atoms with E-state index in [0.717, 1.165) is 19.1 Å². The molecule has 1 aliphatic heterocycles. The molecule has 1 heterocycles. The first-order valence-corrected chi connectivity index (χ1v) is 12.4. The van der Waals surface area contributed by atoms with Crippen molar-refractivity contribution >= 4 is 26.0 Å². The number of nitrogens with one attached hydrogen (secondary N) is 2. The van der Waals surface area contributed by atoms with E-state index in [-0.39, 0.29) is 36.5 Å². The average Bonchev–Trinajstić information content (AvgIpc) is 2.66. The average molecular weight is 434 g/mol. The Kier molecular flexibility index (Phi) is 7.96. The number of piperidine rings is 1. The zero-order valence-electron chi connectivity index (χ0n) is 16.0. The number of benzene rings is 1. The standard InChI is InChI=1S/C17H27N3O6S2/c1-26-12-10-18-28(24,25)16-8-6-14(7-9-16)17(21)20-11-4-3-5-15(20)13-19-27(2,22)23/h6-9,15,18-19H,3-5,10-13H2,1-2H3. The van der Waals surface area contributed by atoms with Crippen LogP contribution in [0, 0.1) is 0 Å². The van der Waals surface area contributed by atoms with Crippen molar-refractivity contribution in [2.75, 3.05) is 39.6 Å². The molecule has 2 rings (SSSR count). The summed E-state index contributed by atoms with van der Waals surface area (Å²) in [7, 11) is -5.53. The van der Waals surface area contributed by atoms with Crippen molar-refractivity contribution in [3.8, 4) is 0 Å². The van der Waals surface area contributed by atoms with Gasteiger partial charge in [-0.15, -0.1) is 0 Å². The zero-order chi connectivity index (χ0) is 20.8. The van der Waals surface area contributed by atoms with Crippen molar-refractivity contribution in [1.82, 2.24) is 14.3 Å². The number of amides is 1. The zero-order valence-corrected chi connectivity index (χ0v) is 17.7. The lowest BCUT2D eigenvalue weighted by molar-refractivity contribution is 0.0618. The molecule has 11 heteroatoms. The van der Waals surface area contributed by atoms with E-state index < -0.39 is 20.0 Å². The van der Waals surface area contributed by atoms with E-state index >= 15 is 0 Å². The van der Waals surface area contributed by atoms with Crippen LogP contribution in [0.15, 0.2) is 29.2 Å². The Balaban J connectivity index is 2.10. The third kappa shape index (κ3) is 6.52. The Morgan fingerprint density at radius 1 is 1.14 bits per heavy atom. The summed E-state index contributed by atoms with van der Waals surface area (Å²) in [4.78, 5) is 14.6. The third-order valence-corrected chi connectivity index (χ3v) is 6.65. The van der Waals surface area contributed by atoms with Gasteiger partial charge in [0, 0.05) is 38.3 Å². The van der Waals surface area contributed by atoms with Crippen LogP contribution >= 0.6 is 0 Å². The van der Waals surface area contributed by atoms with E-state index in [0.29, 0.717) is 18.5 Å². The summed E-state index contributed by atoms with van der Waals surface area (Å²) in [5.41, 5.74) is 0.363. The Morgan fingerprint density at radius 3 is 2.43 bits per heavy atom. The second-order valence-corrected chi connectivity index (χ2v) is 10.3. The van der Waals surface area contributed by atoms with Gasteiger partial charge in [-0.05, 0) is 43.5 Å². The van der Waals surface area contributed by atoms with Crippen molar-refractivity contribution in [1.29, 1.82) is 0 Å². The maximum atomic E-state index is 12.9. The van der Waals surface area contributed by atoms with Crippen LogP contribution in [0.3, 0.4) is 0 Å². The minimum Gasteiger partial charge on any atom is -0.383 e. The fourth-order valence-electron chi connectivity index (χ4n) is 3.03. The van der Waals surface area contributed by atoms with Gasteiger partial charge >= 0.3 is 0 Å². The van der Waals surface area contributed by atoms with E-state index in [1.807, 2.05) is 0 Å². The van der Waals surface area contributed by atoms with Gasteiger partial charge in [-0.25, -0.2) is 26.3 Å². The van der Waals surface area contributed by atoms with Crippen LogP contribution in [0.2, 0.25) is 0 Å². The van der Waals surface area contributed by atoms with Crippen LogP contribution in [0.25, 0.3) is 0 Å². The van der Waals surface area contributed by atoms with Gasteiger partial charge in [-0.1, -0.05) is 0 Å². The first-order valence-electron chi connectivity index (χ1n) is 8.98. The van der Waals surface area contributed by atoms with Gasteiger partial charge in [0.05, 0.1) is 17.8 Å². The number of carbonyl (C=O) groups excluding carboxylic acids is 1. The smallest absolute Gasteiger partial charge is 0.254 e. The topological polar surface area (TPSA) is 122 Å². The molecule has 0 aromatic heterocycles. The maximum Gasteiger partial charge on any atom is 0.254 e. The molecule has 1 fully saturated rings. The summed E-state index contributed by atoms with van der Waals surface area (Å²) in [5.74, 6) is -0.240. The highest BCUT2D eigenvalue weighted by Crippen LogP contribution is 2.20. The van der Waals surface area contributed by atoms with Crippen LogP contribution in [0.4, 0.5) is 0 Å². The van der Waals surface area contributed by atoms with Crippen LogP contribution in [0.1, 0.15) is 29.6 Å². The maximum absolute atomic E-state index is 12.9. The van der Waals surface area contributed by atoms with Crippen molar-refractivity contribution in [2.45, 2.75) is 30.2 Å². The molecule has 0 saturated carbocycles. The summed E-state index contributed by atoms with van der Waals surface area (Å²) in [6.07, 6.45) is 3.56. The largest absolute Gasteiger partial charge is 0.383 e. The van der Waals surface area contributed by atoms with E-state index in [2.05, 4.69) is 9.44 Å². The Labute approximate surface area is 166 Å². The van der Waals surface area contributed by atoms with Gasteiger partial charge in [0.15, 0.2) is 0 Å². The number of nitrogens with zero attached hydrogens (tertiary/aromatic N) is 1. The van der Waals surface area contributed by atoms with Crippen LogP contribution in [-0.4, -0.2) is 73.3 Å². The van der Waals surface area contributed by atoms with Crippen LogP contribution < -0.4 is 9.44 Å². The first kappa shape index (κ1) is 22.8. The molecule has 0 radical (unpaired) electrons. The summed E-state index contributed by atoms with van der Waals surface area (Å²) in [5, 5.41) is 0.